The molecular weight excluding hydrogens is 374 g/mol. The lowest BCUT2D eigenvalue weighted by Crippen LogP contribution is -2.26. The summed E-state index contributed by atoms with van der Waals surface area (Å²) < 4.78 is 7.81. The highest BCUT2D eigenvalue weighted by atomic mass is 16.5. The van der Waals surface area contributed by atoms with Crippen molar-refractivity contribution in [2.75, 3.05) is 0 Å². The van der Waals surface area contributed by atoms with Crippen molar-refractivity contribution < 1.29 is 9.53 Å². The van der Waals surface area contributed by atoms with E-state index in [1.165, 1.54) is 0 Å². The molecule has 4 rings (SSSR count). The quantitative estimate of drug-likeness (QED) is 0.487. The number of fused-ring (bicyclic) bond motifs is 2. The summed E-state index contributed by atoms with van der Waals surface area (Å²) in [6.45, 7) is 3.62. The molecule has 0 spiro atoms. The fourth-order valence-electron chi connectivity index (χ4n) is 3.13. The molecule has 9 heteroatoms. The van der Waals surface area contributed by atoms with Crippen molar-refractivity contribution in [3.8, 4) is 0 Å². The van der Waals surface area contributed by atoms with Crippen LogP contribution in [0.1, 0.15) is 23.0 Å². The fourth-order valence-corrected chi connectivity index (χ4v) is 3.13. The summed E-state index contributed by atoms with van der Waals surface area (Å²) in [7, 11) is 0. The normalized spacial score (nSPS) is 11.1. The fraction of sp³-hybridized carbons (Fsp3) is 0.200. The van der Waals surface area contributed by atoms with Gasteiger partial charge in [0, 0.05) is 6.54 Å². The second kappa shape index (κ2) is 7.27. The summed E-state index contributed by atoms with van der Waals surface area (Å²) in [5.41, 5.74) is 1.67. The van der Waals surface area contributed by atoms with E-state index >= 15 is 0 Å². The second-order valence-corrected chi connectivity index (χ2v) is 6.42. The van der Waals surface area contributed by atoms with Crippen LogP contribution in [0, 0.1) is 6.92 Å². The number of rotatable bonds is 4. The summed E-state index contributed by atoms with van der Waals surface area (Å²) in [6.07, 6.45) is 0. The van der Waals surface area contributed by atoms with Crippen LogP contribution >= 0.6 is 0 Å². The first-order chi connectivity index (χ1) is 14.0. The van der Waals surface area contributed by atoms with E-state index in [4.69, 9.17) is 4.74 Å². The minimum absolute atomic E-state index is 0.162. The molecule has 29 heavy (non-hydrogen) atoms. The third kappa shape index (κ3) is 3.27. The summed E-state index contributed by atoms with van der Waals surface area (Å²) in [4.78, 5) is 41.3. The number of hydrogen-bond donors (Lipinski definition) is 0. The maximum Gasteiger partial charge on any atom is 0.339 e. The molecular formula is C20H17N5O4. The average molecular weight is 391 g/mol. The molecule has 0 N–H and O–H groups in total. The molecule has 0 unspecified atom stereocenters. The van der Waals surface area contributed by atoms with Crippen molar-refractivity contribution in [1.82, 2.24) is 24.5 Å². The van der Waals surface area contributed by atoms with E-state index in [1.54, 1.807) is 54.0 Å². The van der Waals surface area contributed by atoms with Crippen LogP contribution in [0.4, 0.5) is 0 Å². The SMILES string of the molecule is CCn1c(=O)c(C)nc2cc(C(=O)OCn3nnc4ccccc4c3=O)ccc21. The van der Waals surface area contributed by atoms with Crippen LogP contribution in [0.15, 0.2) is 52.1 Å². The van der Waals surface area contributed by atoms with Gasteiger partial charge in [-0.1, -0.05) is 17.3 Å². The first kappa shape index (κ1) is 18.5. The third-order valence-electron chi connectivity index (χ3n) is 4.61. The maximum atomic E-state index is 12.5. The van der Waals surface area contributed by atoms with Crippen molar-refractivity contribution in [1.29, 1.82) is 0 Å². The van der Waals surface area contributed by atoms with Crippen LogP contribution in [0.25, 0.3) is 21.9 Å². The first-order valence-electron chi connectivity index (χ1n) is 9.00. The van der Waals surface area contributed by atoms with Gasteiger partial charge in [-0.15, -0.1) is 5.10 Å². The number of carbonyl (C=O) groups is 1. The Labute approximate surface area is 164 Å². The third-order valence-corrected chi connectivity index (χ3v) is 4.61. The van der Waals surface area contributed by atoms with Crippen molar-refractivity contribution in [3.63, 3.8) is 0 Å². The Morgan fingerprint density at radius 3 is 2.66 bits per heavy atom. The molecule has 0 radical (unpaired) electrons. The molecule has 0 aliphatic carbocycles. The zero-order chi connectivity index (χ0) is 20.5. The number of carbonyl (C=O) groups excluding carboxylic acids is 1. The molecule has 2 aromatic carbocycles. The molecule has 2 aromatic heterocycles. The van der Waals surface area contributed by atoms with Gasteiger partial charge < -0.3 is 9.30 Å². The van der Waals surface area contributed by atoms with Crippen molar-refractivity contribution in [2.45, 2.75) is 27.1 Å². The summed E-state index contributed by atoms with van der Waals surface area (Å²) >= 11 is 0. The van der Waals surface area contributed by atoms with Gasteiger partial charge >= 0.3 is 5.97 Å². The van der Waals surface area contributed by atoms with E-state index < -0.39 is 11.5 Å². The number of aromatic nitrogens is 5. The van der Waals surface area contributed by atoms with Crippen LogP contribution in [0.5, 0.6) is 0 Å². The predicted octanol–water partition coefficient (Wildman–Crippen LogP) is 1.64. The van der Waals surface area contributed by atoms with E-state index in [1.807, 2.05) is 6.92 Å². The molecule has 0 amide bonds. The number of hydrogen-bond acceptors (Lipinski definition) is 7. The molecule has 0 aliphatic rings. The Hall–Kier alpha value is -3.88. The van der Waals surface area contributed by atoms with E-state index in [9.17, 15) is 14.4 Å². The lowest BCUT2D eigenvalue weighted by atomic mass is 10.2. The predicted molar refractivity (Wildman–Crippen MR) is 106 cm³/mol. The lowest BCUT2D eigenvalue weighted by molar-refractivity contribution is 0.0336. The summed E-state index contributed by atoms with van der Waals surface area (Å²) in [6, 6.07) is 11.6. The average Bonchev–Trinajstić information content (AvgIpc) is 2.74. The Balaban J connectivity index is 1.61. The number of benzene rings is 2. The van der Waals surface area contributed by atoms with E-state index in [-0.39, 0.29) is 17.9 Å². The minimum Gasteiger partial charge on any atom is -0.439 e. The van der Waals surface area contributed by atoms with Crippen LogP contribution in [0.2, 0.25) is 0 Å². The van der Waals surface area contributed by atoms with Crippen molar-refractivity contribution in [3.05, 3.63) is 74.4 Å². The maximum absolute atomic E-state index is 12.5. The highest BCUT2D eigenvalue weighted by Gasteiger charge is 2.13. The molecule has 4 aromatic rings. The van der Waals surface area contributed by atoms with Gasteiger partial charge in [0.2, 0.25) is 0 Å². The molecule has 2 heterocycles. The zero-order valence-electron chi connectivity index (χ0n) is 15.8. The van der Waals surface area contributed by atoms with E-state index in [0.717, 1.165) is 4.68 Å². The highest BCUT2D eigenvalue weighted by molar-refractivity contribution is 5.93. The van der Waals surface area contributed by atoms with Gasteiger partial charge in [-0.05, 0) is 44.2 Å². The molecule has 0 saturated heterocycles. The molecule has 0 bridgehead atoms. The molecule has 0 aliphatic heterocycles. The molecule has 0 saturated carbocycles. The topological polar surface area (TPSA) is 109 Å². The second-order valence-electron chi connectivity index (χ2n) is 6.42. The summed E-state index contributed by atoms with van der Waals surface area (Å²) in [5.74, 6) is -0.637. The van der Waals surface area contributed by atoms with Crippen LogP contribution in [0.3, 0.4) is 0 Å². The lowest BCUT2D eigenvalue weighted by Gasteiger charge is -2.10. The Bertz CT molecular complexity index is 1370. The Kier molecular flexibility index (Phi) is 4.63. The Morgan fingerprint density at radius 2 is 1.86 bits per heavy atom. The minimum atomic E-state index is -0.637. The number of esters is 1. The smallest absolute Gasteiger partial charge is 0.339 e. The number of nitrogens with zero attached hydrogens (tertiary/aromatic N) is 5. The number of ether oxygens (including phenoxy) is 1. The van der Waals surface area contributed by atoms with Gasteiger partial charge in [-0.2, -0.15) is 4.68 Å². The van der Waals surface area contributed by atoms with Crippen molar-refractivity contribution in [2.24, 2.45) is 0 Å². The molecule has 9 nitrogen and oxygen atoms in total. The van der Waals surface area contributed by atoms with Gasteiger partial charge in [0.05, 0.1) is 22.0 Å². The highest BCUT2D eigenvalue weighted by Crippen LogP contribution is 2.14. The van der Waals surface area contributed by atoms with Crippen molar-refractivity contribution >= 4 is 27.9 Å². The van der Waals surface area contributed by atoms with Crippen LogP contribution in [-0.2, 0) is 18.0 Å². The molecule has 0 fully saturated rings. The van der Waals surface area contributed by atoms with Crippen LogP contribution < -0.4 is 11.1 Å². The van der Waals surface area contributed by atoms with Gasteiger partial charge in [0.25, 0.3) is 11.1 Å². The first-order valence-corrected chi connectivity index (χ1v) is 9.00. The van der Waals surface area contributed by atoms with E-state index in [0.29, 0.717) is 34.2 Å². The van der Waals surface area contributed by atoms with Gasteiger partial charge in [0.15, 0.2) is 6.73 Å². The monoisotopic (exact) mass is 391 g/mol. The summed E-state index contributed by atoms with van der Waals surface area (Å²) in [5, 5.41) is 8.13. The molecule has 146 valence electrons. The largest absolute Gasteiger partial charge is 0.439 e. The number of aryl methyl sites for hydroxylation is 2. The molecule has 0 atom stereocenters. The van der Waals surface area contributed by atoms with E-state index in [2.05, 4.69) is 15.3 Å². The van der Waals surface area contributed by atoms with Crippen LogP contribution in [-0.4, -0.2) is 30.5 Å². The Morgan fingerprint density at radius 1 is 1.07 bits per heavy atom. The van der Waals surface area contributed by atoms with Gasteiger partial charge in [-0.25, -0.2) is 9.78 Å². The standard InChI is InChI=1S/C20H17N5O4/c1-3-24-17-9-8-13(10-16(17)21-12(2)18(24)26)20(28)29-11-25-19(27)14-6-4-5-7-15(14)22-23-25/h4-10H,3,11H2,1-2H3. The van der Waals surface area contributed by atoms with Gasteiger partial charge in [0.1, 0.15) is 11.2 Å². The zero-order valence-corrected chi connectivity index (χ0v) is 15.8. The van der Waals surface area contributed by atoms with Gasteiger partial charge in [-0.3, -0.25) is 9.59 Å².